The maximum atomic E-state index is 13.6. The third-order valence-electron chi connectivity index (χ3n) is 3.24. The van der Waals surface area contributed by atoms with Gasteiger partial charge in [0.05, 0.1) is 28.7 Å². The van der Waals surface area contributed by atoms with Crippen LogP contribution in [0.1, 0.15) is 18.9 Å². The molecule has 0 radical (unpaired) electrons. The van der Waals surface area contributed by atoms with Gasteiger partial charge in [-0.3, -0.25) is 0 Å². The van der Waals surface area contributed by atoms with Gasteiger partial charge in [-0.25, -0.2) is 17.5 Å². The fourth-order valence-electron chi connectivity index (χ4n) is 2.04. The topological polar surface area (TPSA) is 75.6 Å². The standard InChI is InChI=1S/C12H15ClFNO4S/c1-7-11(2-3-19-7)15-20(17,18)9-4-8(6-16)12(13)10(14)5-9/h4-5,7,11,15-16H,2-3,6H2,1H3. The molecule has 8 heteroatoms. The van der Waals surface area contributed by atoms with Crippen molar-refractivity contribution >= 4 is 21.6 Å². The Morgan fingerprint density at radius 3 is 2.80 bits per heavy atom. The van der Waals surface area contributed by atoms with Gasteiger partial charge in [0.15, 0.2) is 0 Å². The zero-order chi connectivity index (χ0) is 14.9. The van der Waals surface area contributed by atoms with Crippen LogP contribution in [0.4, 0.5) is 4.39 Å². The molecule has 1 aliphatic heterocycles. The molecule has 1 heterocycles. The van der Waals surface area contributed by atoms with Crippen LogP contribution in [0.5, 0.6) is 0 Å². The largest absolute Gasteiger partial charge is 0.392 e. The van der Waals surface area contributed by atoms with Crippen molar-refractivity contribution in [1.29, 1.82) is 0 Å². The molecule has 0 aliphatic carbocycles. The van der Waals surface area contributed by atoms with Gasteiger partial charge in [-0.05, 0) is 25.5 Å². The number of aliphatic hydroxyl groups excluding tert-OH is 1. The molecule has 2 unspecified atom stereocenters. The van der Waals surface area contributed by atoms with Crippen molar-refractivity contribution in [2.24, 2.45) is 0 Å². The highest BCUT2D eigenvalue weighted by atomic mass is 35.5. The van der Waals surface area contributed by atoms with Gasteiger partial charge in [0.25, 0.3) is 0 Å². The fourth-order valence-corrected chi connectivity index (χ4v) is 3.61. The van der Waals surface area contributed by atoms with E-state index in [1.54, 1.807) is 6.92 Å². The molecule has 112 valence electrons. The molecule has 2 rings (SSSR count). The summed E-state index contributed by atoms with van der Waals surface area (Å²) in [6.07, 6.45) is 0.322. The van der Waals surface area contributed by atoms with Crippen LogP contribution in [-0.2, 0) is 21.4 Å². The summed E-state index contributed by atoms with van der Waals surface area (Å²) in [4.78, 5) is -0.262. The average molecular weight is 324 g/mol. The first-order chi connectivity index (χ1) is 9.35. The summed E-state index contributed by atoms with van der Waals surface area (Å²) in [5, 5.41) is 8.80. The van der Waals surface area contributed by atoms with E-state index in [-0.39, 0.29) is 27.6 Å². The lowest BCUT2D eigenvalue weighted by Gasteiger charge is -2.17. The minimum Gasteiger partial charge on any atom is -0.392 e. The van der Waals surface area contributed by atoms with Gasteiger partial charge < -0.3 is 9.84 Å². The first-order valence-corrected chi connectivity index (χ1v) is 7.94. The lowest BCUT2D eigenvalue weighted by molar-refractivity contribution is 0.117. The molecule has 0 amide bonds. The van der Waals surface area contributed by atoms with Gasteiger partial charge >= 0.3 is 0 Å². The molecule has 1 aliphatic rings. The molecule has 0 bridgehead atoms. The number of ether oxygens (including phenoxy) is 1. The SMILES string of the molecule is CC1OCCC1NS(=O)(=O)c1cc(F)c(Cl)c(CO)c1. The normalized spacial score (nSPS) is 23.2. The Morgan fingerprint density at radius 1 is 1.55 bits per heavy atom. The zero-order valence-corrected chi connectivity index (χ0v) is 12.3. The van der Waals surface area contributed by atoms with Crippen LogP contribution in [0.15, 0.2) is 17.0 Å². The van der Waals surface area contributed by atoms with Gasteiger partial charge in [-0.15, -0.1) is 0 Å². The quantitative estimate of drug-likeness (QED) is 0.879. The van der Waals surface area contributed by atoms with Gasteiger partial charge in [-0.2, -0.15) is 0 Å². The first-order valence-electron chi connectivity index (χ1n) is 6.08. The smallest absolute Gasteiger partial charge is 0.241 e. The van der Waals surface area contributed by atoms with E-state index in [1.165, 1.54) is 0 Å². The van der Waals surface area contributed by atoms with Crippen LogP contribution in [0.25, 0.3) is 0 Å². The number of nitrogens with one attached hydrogen (secondary N) is 1. The number of hydrogen-bond acceptors (Lipinski definition) is 4. The molecule has 1 saturated heterocycles. The molecule has 2 atom stereocenters. The predicted octanol–water partition coefficient (Wildman–Crippen LogP) is 1.43. The molecule has 5 nitrogen and oxygen atoms in total. The van der Waals surface area contributed by atoms with E-state index in [4.69, 9.17) is 21.4 Å². The van der Waals surface area contributed by atoms with Crippen molar-refractivity contribution in [2.75, 3.05) is 6.61 Å². The number of hydrogen-bond donors (Lipinski definition) is 2. The highest BCUT2D eigenvalue weighted by Crippen LogP contribution is 2.25. The summed E-state index contributed by atoms with van der Waals surface area (Å²) >= 11 is 5.64. The average Bonchev–Trinajstić information content (AvgIpc) is 2.77. The highest BCUT2D eigenvalue weighted by molar-refractivity contribution is 7.89. The van der Waals surface area contributed by atoms with E-state index in [0.29, 0.717) is 13.0 Å². The first kappa shape index (κ1) is 15.7. The zero-order valence-electron chi connectivity index (χ0n) is 10.8. The summed E-state index contributed by atoms with van der Waals surface area (Å²) in [5.74, 6) is -0.880. The predicted molar refractivity (Wildman–Crippen MR) is 71.5 cm³/mol. The molecular weight excluding hydrogens is 309 g/mol. The number of sulfonamides is 1. The van der Waals surface area contributed by atoms with Crippen molar-refractivity contribution in [1.82, 2.24) is 4.72 Å². The van der Waals surface area contributed by atoms with Gasteiger partial charge in [0.1, 0.15) is 5.82 Å². The van der Waals surface area contributed by atoms with E-state index in [9.17, 15) is 12.8 Å². The Labute approximate surface area is 121 Å². The lowest BCUT2D eigenvalue weighted by atomic mass is 10.2. The van der Waals surface area contributed by atoms with Crippen LogP contribution >= 0.6 is 11.6 Å². The van der Waals surface area contributed by atoms with E-state index >= 15 is 0 Å². The summed E-state index contributed by atoms with van der Waals surface area (Å²) < 4.78 is 45.7. The number of rotatable bonds is 4. The van der Waals surface area contributed by atoms with Gasteiger partial charge in [0.2, 0.25) is 10.0 Å². The van der Waals surface area contributed by atoms with Crippen molar-refractivity contribution in [2.45, 2.75) is 37.0 Å². The molecule has 0 saturated carbocycles. The fraction of sp³-hybridized carbons (Fsp3) is 0.500. The third-order valence-corrected chi connectivity index (χ3v) is 5.13. The van der Waals surface area contributed by atoms with Crippen molar-refractivity contribution in [3.63, 3.8) is 0 Å². The molecular formula is C12H15ClFNO4S. The van der Waals surface area contributed by atoms with Gasteiger partial charge in [0, 0.05) is 12.2 Å². The number of aliphatic hydroxyl groups is 1. The monoisotopic (exact) mass is 323 g/mol. The Morgan fingerprint density at radius 2 is 2.25 bits per heavy atom. The Bertz CT molecular complexity index is 608. The van der Waals surface area contributed by atoms with Crippen LogP contribution in [0.3, 0.4) is 0 Å². The maximum absolute atomic E-state index is 13.6. The van der Waals surface area contributed by atoms with E-state index < -0.39 is 22.4 Å². The molecule has 2 N–H and O–H groups in total. The van der Waals surface area contributed by atoms with E-state index in [1.807, 2.05) is 0 Å². The van der Waals surface area contributed by atoms with Gasteiger partial charge in [-0.1, -0.05) is 11.6 Å². The minimum absolute atomic E-state index is 0.0303. The maximum Gasteiger partial charge on any atom is 0.241 e. The highest BCUT2D eigenvalue weighted by Gasteiger charge is 2.29. The summed E-state index contributed by atoms with van der Waals surface area (Å²) in [6, 6.07) is 1.65. The molecule has 1 aromatic rings. The van der Waals surface area contributed by atoms with Crippen LogP contribution in [-0.4, -0.2) is 32.3 Å². The van der Waals surface area contributed by atoms with Crippen molar-refractivity contribution in [3.05, 3.63) is 28.5 Å². The van der Waals surface area contributed by atoms with E-state index in [2.05, 4.69) is 4.72 Å². The number of benzene rings is 1. The van der Waals surface area contributed by atoms with Crippen molar-refractivity contribution in [3.8, 4) is 0 Å². The summed E-state index contributed by atoms with van der Waals surface area (Å²) in [7, 11) is -3.89. The van der Waals surface area contributed by atoms with E-state index in [0.717, 1.165) is 12.1 Å². The van der Waals surface area contributed by atoms with Crippen LogP contribution in [0, 0.1) is 5.82 Å². The molecule has 1 aromatic carbocycles. The van der Waals surface area contributed by atoms with Crippen LogP contribution in [0.2, 0.25) is 5.02 Å². The Balaban J connectivity index is 2.32. The number of halogens is 2. The second-order valence-electron chi connectivity index (χ2n) is 4.63. The Kier molecular flexibility index (Phi) is 4.66. The molecule has 20 heavy (non-hydrogen) atoms. The second-order valence-corrected chi connectivity index (χ2v) is 6.72. The molecule has 1 fully saturated rings. The Hall–Kier alpha value is -0.730. The minimum atomic E-state index is -3.89. The second kappa shape index (κ2) is 5.95. The van der Waals surface area contributed by atoms with Crippen molar-refractivity contribution < 1.29 is 22.7 Å². The third kappa shape index (κ3) is 3.12. The molecule has 0 spiro atoms. The lowest BCUT2D eigenvalue weighted by Crippen LogP contribution is -2.39. The summed E-state index contributed by atoms with van der Waals surface area (Å²) in [5.41, 5.74) is 0.0303. The summed E-state index contributed by atoms with van der Waals surface area (Å²) in [6.45, 7) is 1.70. The van der Waals surface area contributed by atoms with Crippen LogP contribution < -0.4 is 4.72 Å². The molecule has 0 aromatic heterocycles.